The van der Waals surface area contributed by atoms with Gasteiger partial charge in [-0.25, -0.2) is 9.67 Å². The molecule has 0 bridgehead atoms. The van der Waals surface area contributed by atoms with E-state index >= 15 is 0 Å². The van der Waals surface area contributed by atoms with Crippen molar-refractivity contribution < 1.29 is 14.3 Å². The van der Waals surface area contributed by atoms with E-state index in [1.54, 1.807) is 25.3 Å². The predicted molar refractivity (Wildman–Crippen MR) is 118 cm³/mol. The number of pyridine rings is 1. The van der Waals surface area contributed by atoms with Crippen LogP contribution in [0.4, 0.5) is 5.82 Å². The van der Waals surface area contributed by atoms with Crippen LogP contribution < -0.4 is 14.8 Å². The number of hydrogen-bond donors (Lipinski definition) is 1. The maximum Gasteiger partial charge on any atom is 0.257 e. The second-order valence-corrected chi connectivity index (χ2v) is 7.10. The van der Waals surface area contributed by atoms with Crippen molar-refractivity contribution >= 4 is 33.7 Å². The molecule has 0 aliphatic carbocycles. The Hall–Kier alpha value is -3.61. The molecule has 2 aromatic heterocycles. The van der Waals surface area contributed by atoms with E-state index in [2.05, 4.69) is 17.3 Å². The number of rotatable bonds is 6. The van der Waals surface area contributed by atoms with Crippen LogP contribution >= 0.6 is 0 Å². The zero-order valence-corrected chi connectivity index (χ0v) is 17.5. The molecule has 154 valence electrons. The number of ether oxygens (including phenoxy) is 2. The molecule has 4 rings (SSSR count). The summed E-state index contributed by atoms with van der Waals surface area (Å²) in [6.45, 7) is 4.84. The Morgan fingerprint density at radius 1 is 1.10 bits per heavy atom. The van der Waals surface area contributed by atoms with Gasteiger partial charge in [0.25, 0.3) is 5.91 Å². The van der Waals surface area contributed by atoms with Crippen LogP contribution in [0.1, 0.15) is 29.3 Å². The number of fused-ring (bicyclic) bond motifs is 2. The van der Waals surface area contributed by atoms with Gasteiger partial charge in [-0.1, -0.05) is 25.1 Å². The summed E-state index contributed by atoms with van der Waals surface area (Å²) in [7, 11) is 3.10. The van der Waals surface area contributed by atoms with Crippen molar-refractivity contribution in [2.45, 2.75) is 26.8 Å². The zero-order chi connectivity index (χ0) is 21.3. The molecule has 0 fully saturated rings. The lowest BCUT2D eigenvalue weighted by molar-refractivity contribution is 0.102. The number of hydrogen-bond acceptors (Lipinski definition) is 5. The van der Waals surface area contributed by atoms with Gasteiger partial charge in [0.1, 0.15) is 0 Å². The molecule has 2 aromatic carbocycles. The van der Waals surface area contributed by atoms with Crippen molar-refractivity contribution in [2.75, 3.05) is 19.5 Å². The lowest BCUT2D eigenvalue weighted by atomic mass is 10.1. The van der Waals surface area contributed by atoms with E-state index in [1.807, 2.05) is 35.9 Å². The Labute approximate surface area is 174 Å². The van der Waals surface area contributed by atoms with Gasteiger partial charge in [-0.3, -0.25) is 4.79 Å². The minimum absolute atomic E-state index is 0.275. The highest BCUT2D eigenvalue weighted by atomic mass is 16.5. The highest BCUT2D eigenvalue weighted by molar-refractivity contribution is 6.09. The fraction of sp³-hybridized carbons (Fsp3) is 0.261. The number of benzene rings is 2. The summed E-state index contributed by atoms with van der Waals surface area (Å²) in [5.74, 6) is 1.28. The minimum atomic E-state index is -0.275. The number of amides is 1. The Bertz CT molecular complexity index is 1250. The largest absolute Gasteiger partial charge is 0.493 e. The van der Waals surface area contributed by atoms with Crippen LogP contribution in [0.25, 0.3) is 21.9 Å². The quantitative estimate of drug-likeness (QED) is 0.509. The van der Waals surface area contributed by atoms with E-state index in [4.69, 9.17) is 14.5 Å². The molecule has 0 saturated carbocycles. The van der Waals surface area contributed by atoms with Gasteiger partial charge in [-0.05, 0) is 43.2 Å². The van der Waals surface area contributed by atoms with Crippen LogP contribution in [0, 0.1) is 6.92 Å². The molecule has 1 amide bonds. The fourth-order valence-corrected chi connectivity index (χ4v) is 3.55. The third-order valence-electron chi connectivity index (χ3n) is 5.06. The molecule has 1 N–H and O–H groups in total. The van der Waals surface area contributed by atoms with Crippen molar-refractivity contribution in [3.8, 4) is 11.5 Å². The van der Waals surface area contributed by atoms with Crippen molar-refractivity contribution in [2.24, 2.45) is 0 Å². The topological polar surface area (TPSA) is 78.3 Å². The molecular formula is C23H24N4O3. The number of carbonyl (C=O) groups is 1. The van der Waals surface area contributed by atoms with E-state index in [-0.39, 0.29) is 5.91 Å². The Kier molecular flexibility index (Phi) is 5.27. The number of methoxy groups -OCH3 is 2. The first kappa shape index (κ1) is 19.7. The van der Waals surface area contributed by atoms with Crippen LogP contribution in [-0.2, 0) is 6.54 Å². The predicted octanol–water partition coefficient (Wildman–Crippen LogP) is 4.57. The van der Waals surface area contributed by atoms with Gasteiger partial charge in [-0.2, -0.15) is 5.10 Å². The average Bonchev–Trinajstić information content (AvgIpc) is 3.08. The Morgan fingerprint density at radius 3 is 2.63 bits per heavy atom. The standard InChI is InChI=1S/C23H24N4O3/c1-5-11-27-22-17(12-15-8-6-7-14(2)20(15)24-22)21(26-27)25-23(28)16-9-10-18(29-3)19(13-16)30-4/h6-10,12-13H,5,11H2,1-4H3,(H,25,26,28). The first-order valence-electron chi connectivity index (χ1n) is 9.86. The van der Waals surface area contributed by atoms with Crippen molar-refractivity contribution in [3.05, 3.63) is 53.6 Å². The van der Waals surface area contributed by atoms with E-state index in [0.29, 0.717) is 29.4 Å². The summed E-state index contributed by atoms with van der Waals surface area (Å²) in [4.78, 5) is 17.8. The number of nitrogens with zero attached hydrogens (tertiary/aromatic N) is 3. The molecule has 0 aliphatic heterocycles. The third kappa shape index (κ3) is 3.43. The second-order valence-electron chi connectivity index (χ2n) is 7.10. The highest BCUT2D eigenvalue weighted by Crippen LogP contribution is 2.30. The number of aromatic nitrogens is 3. The molecular weight excluding hydrogens is 380 g/mol. The molecule has 7 heteroatoms. The first-order chi connectivity index (χ1) is 14.5. The van der Waals surface area contributed by atoms with Gasteiger partial charge in [0, 0.05) is 17.5 Å². The molecule has 0 spiro atoms. The normalized spacial score (nSPS) is 11.1. The molecule has 30 heavy (non-hydrogen) atoms. The van der Waals surface area contributed by atoms with Gasteiger partial charge < -0.3 is 14.8 Å². The molecule has 7 nitrogen and oxygen atoms in total. The fourth-order valence-electron chi connectivity index (χ4n) is 3.55. The third-order valence-corrected chi connectivity index (χ3v) is 5.06. The molecule has 0 aliphatic rings. The summed E-state index contributed by atoms with van der Waals surface area (Å²) in [6, 6.07) is 13.2. The van der Waals surface area contributed by atoms with Crippen LogP contribution in [-0.4, -0.2) is 34.9 Å². The molecule has 0 saturated heterocycles. The summed E-state index contributed by atoms with van der Waals surface area (Å²) in [5.41, 5.74) is 3.27. The SMILES string of the molecule is CCCn1nc(NC(=O)c2ccc(OC)c(OC)c2)c2cc3cccc(C)c3nc21. The van der Waals surface area contributed by atoms with Gasteiger partial charge >= 0.3 is 0 Å². The van der Waals surface area contributed by atoms with E-state index in [9.17, 15) is 4.79 Å². The second kappa shape index (κ2) is 8.02. The van der Waals surface area contributed by atoms with Gasteiger partial charge in [0.2, 0.25) is 0 Å². The maximum atomic E-state index is 12.9. The molecule has 4 aromatic rings. The number of para-hydroxylation sites is 1. The van der Waals surface area contributed by atoms with Crippen LogP contribution in [0.2, 0.25) is 0 Å². The summed E-state index contributed by atoms with van der Waals surface area (Å²) in [6.07, 6.45) is 0.910. The smallest absolute Gasteiger partial charge is 0.257 e. The minimum Gasteiger partial charge on any atom is -0.493 e. The first-order valence-corrected chi connectivity index (χ1v) is 9.86. The van der Waals surface area contributed by atoms with Crippen LogP contribution in [0.15, 0.2) is 42.5 Å². The number of aryl methyl sites for hydroxylation is 2. The lowest BCUT2D eigenvalue weighted by Gasteiger charge is -2.09. The lowest BCUT2D eigenvalue weighted by Crippen LogP contribution is -2.13. The van der Waals surface area contributed by atoms with Crippen LogP contribution in [0.3, 0.4) is 0 Å². The molecule has 0 radical (unpaired) electrons. The van der Waals surface area contributed by atoms with Crippen molar-refractivity contribution in [3.63, 3.8) is 0 Å². The summed E-state index contributed by atoms with van der Waals surface area (Å²) in [5, 5.41) is 9.41. The molecule has 0 atom stereocenters. The highest BCUT2D eigenvalue weighted by Gasteiger charge is 2.17. The molecule has 0 unspecified atom stereocenters. The summed E-state index contributed by atoms with van der Waals surface area (Å²) < 4.78 is 12.4. The zero-order valence-electron chi connectivity index (χ0n) is 17.5. The summed E-state index contributed by atoms with van der Waals surface area (Å²) >= 11 is 0. The van der Waals surface area contributed by atoms with E-state index in [1.165, 1.54) is 7.11 Å². The number of anilines is 1. The Balaban J connectivity index is 1.77. The monoisotopic (exact) mass is 404 g/mol. The van der Waals surface area contributed by atoms with Gasteiger partial charge in [0.15, 0.2) is 23.0 Å². The molecule has 2 heterocycles. The van der Waals surface area contributed by atoms with Gasteiger partial charge in [0.05, 0.1) is 25.1 Å². The average molecular weight is 404 g/mol. The Morgan fingerprint density at radius 2 is 1.90 bits per heavy atom. The van der Waals surface area contributed by atoms with E-state index in [0.717, 1.165) is 33.9 Å². The van der Waals surface area contributed by atoms with Crippen molar-refractivity contribution in [1.29, 1.82) is 0 Å². The van der Waals surface area contributed by atoms with Crippen molar-refractivity contribution in [1.82, 2.24) is 14.8 Å². The van der Waals surface area contributed by atoms with Gasteiger partial charge in [-0.15, -0.1) is 0 Å². The maximum absolute atomic E-state index is 12.9. The van der Waals surface area contributed by atoms with Crippen LogP contribution in [0.5, 0.6) is 11.5 Å². The number of nitrogens with one attached hydrogen (secondary N) is 1. The number of carbonyl (C=O) groups excluding carboxylic acids is 1. The van der Waals surface area contributed by atoms with E-state index < -0.39 is 0 Å².